The van der Waals surface area contributed by atoms with Crippen molar-refractivity contribution in [2.45, 2.75) is 47.0 Å². The second kappa shape index (κ2) is 7.89. The van der Waals surface area contributed by atoms with Gasteiger partial charge in [-0.25, -0.2) is 0 Å². The highest BCUT2D eigenvalue weighted by Crippen LogP contribution is 2.30. The van der Waals surface area contributed by atoms with Crippen molar-refractivity contribution in [3.63, 3.8) is 0 Å². The third-order valence-electron chi connectivity index (χ3n) is 2.90. The number of hydrogen-bond acceptors (Lipinski definition) is 0. The Hall–Kier alpha value is -1.30. The van der Waals surface area contributed by atoms with E-state index in [-0.39, 0.29) is 0 Å². The lowest BCUT2D eigenvalue weighted by atomic mass is 9.87. The van der Waals surface area contributed by atoms with E-state index < -0.39 is 0 Å². The zero-order valence-corrected chi connectivity index (χ0v) is 11.9. The molecule has 0 N–H and O–H groups in total. The first kappa shape index (κ1) is 15.7. The number of rotatable bonds is 3. The van der Waals surface area contributed by atoms with Gasteiger partial charge < -0.3 is 0 Å². The van der Waals surface area contributed by atoms with Crippen LogP contribution in [0.15, 0.2) is 59.8 Å². The Morgan fingerprint density at radius 2 is 1.88 bits per heavy atom. The standard InChI is InChI=1S/C15H22.C2H4/c1-6-14-7-8-15(13(5)10-14)12(4)9-11(2)3;1-2/h9-10H,4,6-8H2,1-3,5H3;1-2H2. The second-order valence-electron chi connectivity index (χ2n) is 4.56. The highest BCUT2D eigenvalue weighted by molar-refractivity contribution is 5.47. The average Bonchev–Trinajstić information content (AvgIpc) is 2.30. The van der Waals surface area contributed by atoms with Gasteiger partial charge in [-0.1, -0.05) is 36.8 Å². The Morgan fingerprint density at radius 1 is 1.29 bits per heavy atom. The molecular weight excluding hydrogens is 204 g/mol. The second-order valence-corrected chi connectivity index (χ2v) is 4.56. The molecule has 0 fully saturated rings. The molecule has 94 valence electrons. The summed E-state index contributed by atoms with van der Waals surface area (Å²) in [4.78, 5) is 0. The minimum Gasteiger partial charge on any atom is -0.106 e. The lowest BCUT2D eigenvalue weighted by molar-refractivity contribution is 0.853. The van der Waals surface area contributed by atoms with E-state index in [4.69, 9.17) is 0 Å². The molecule has 0 aromatic carbocycles. The van der Waals surface area contributed by atoms with E-state index in [2.05, 4.69) is 59.6 Å². The number of allylic oxidation sites excluding steroid dienone is 7. The average molecular weight is 230 g/mol. The van der Waals surface area contributed by atoms with Crippen molar-refractivity contribution in [2.75, 3.05) is 0 Å². The monoisotopic (exact) mass is 230 g/mol. The van der Waals surface area contributed by atoms with Crippen LogP contribution >= 0.6 is 0 Å². The van der Waals surface area contributed by atoms with Crippen molar-refractivity contribution >= 4 is 0 Å². The fraction of sp³-hybridized carbons (Fsp3) is 0.412. The largest absolute Gasteiger partial charge is 0.106 e. The van der Waals surface area contributed by atoms with Gasteiger partial charge in [-0.2, -0.15) is 0 Å². The first-order chi connectivity index (χ1) is 8.04. The molecule has 0 aromatic rings. The van der Waals surface area contributed by atoms with Crippen LogP contribution in [0.3, 0.4) is 0 Å². The molecule has 1 aliphatic rings. The third-order valence-corrected chi connectivity index (χ3v) is 2.90. The van der Waals surface area contributed by atoms with Gasteiger partial charge in [-0.3, -0.25) is 0 Å². The summed E-state index contributed by atoms with van der Waals surface area (Å²) in [5.74, 6) is 0. The van der Waals surface area contributed by atoms with Crippen LogP contribution in [0, 0.1) is 0 Å². The van der Waals surface area contributed by atoms with Gasteiger partial charge in [-0.05, 0) is 56.8 Å². The summed E-state index contributed by atoms with van der Waals surface area (Å²) in [7, 11) is 0. The minimum absolute atomic E-state index is 1.16. The van der Waals surface area contributed by atoms with E-state index >= 15 is 0 Å². The highest BCUT2D eigenvalue weighted by atomic mass is 14.2. The molecule has 17 heavy (non-hydrogen) atoms. The molecule has 0 bridgehead atoms. The van der Waals surface area contributed by atoms with Gasteiger partial charge >= 0.3 is 0 Å². The lowest BCUT2D eigenvalue weighted by Gasteiger charge is -2.18. The highest BCUT2D eigenvalue weighted by Gasteiger charge is 2.10. The molecule has 0 aromatic heterocycles. The topological polar surface area (TPSA) is 0 Å². The normalized spacial score (nSPS) is 14.5. The third kappa shape index (κ3) is 5.04. The first-order valence-corrected chi connectivity index (χ1v) is 6.28. The molecule has 0 unspecified atom stereocenters. The van der Waals surface area contributed by atoms with Crippen LogP contribution in [0.5, 0.6) is 0 Å². The summed E-state index contributed by atoms with van der Waals surface area (Å²) in [6.07, 6.45) is 8.07. The zero-order chi connectivity index (χ0) is 13.4. The molecule has 0 heteroatoms. The predicted octanol–water partition coefficient (Wildman–Crippen LogP) is 5.76. The Morgan fingerprint density at radius 3 is 2.29 bits per heavy atom. The van der Waals surface area contributed by atoms with Crippen LogP contribution < -0.4 is 0 Å². The summed E-state index contributed by atoms with van der Waals surface area (Å²) in [5.41, 5.74) is 6.93. The molecule has 1 aliphatic carbocycles. The van der Waals surface area contributed by atoms with Crippen molar-refractivity contribution in [3.05, 3.63) is 59.8 Å². The Kier molecular flexibility index (Phi) is 7.29. The van der Waals surface area contributed by atoms with E-state index in [1.807, 2.05) is 0 Å². The van der Waals surface area contributed by atoms with Gasteiger partial charge in [0.1, 0.15) is 0 Å². The van der Waals surface area contributed by atoms with E-state index in [0.717, 1.165) is 6.42 Å². The van der Waals surface area contributed by atoms with E-state index in [0.29, 0.717) is 0 Å². The summed E-state index contributed by atoms with van der Waals surface area (Å²) >= 11 is 0. The fourth-order valence-electron chi connectivity index (χ4n) is 2.08. The van der Waals surface area contributed by atoms with Crippen molar-refractivity contribution in [3.8, 4) is 0 Å². The molecule has 0 heterocycles. The molecule has 0 saturated heterocycles. The molecule has 0 saturated carbocycles. The smallest absolute Gasteiger partial charge is 0.0233 e. The lowest BCUT2D eigenvalue weighted by Crippen LogP contribution is -1.98. The van der Waals surface area contributed by atoms with E-state index in [1.54, 1.807) is 5.57 Å². The van der Waals surface area contributed by atoms with Crippen LogP contribution in [0.1, 0.15) is 47.0 Å². The molecule has 1 rings (SSSR count). The van der Waals surface area contributed by atoms with Gasteiger partial charge in [0.2, 0.25) is 0 Å². The minimum atomic E-state index is 1.16. The van der Waals surface area contributed by atoms with Crippen molar-refractivity contribution in [2.24, 2.45) is 0 Å². The molecule has 0 amide bonds. The van der Waals surface area contributed by atoms with Crippen LogP contribution in [0.4, 0.5) is 0 Å². The van der Waals surface area contributed by atoms with Gasteiger partial charge in [0.05, 0.1) is 0 Å². The summed E-state index contributed by atoms with van der Waals surface area (Å²) in [5, 5.41) is 0. The predicted molar refractivity (Wildman–Crippen MR) is 80.1 cm³/mol. The van der Waals surface area contributed by atoms with E-state index in [9.17, 15) is 0 Å². The Labute approximate surface area is 107 Å². The van der Waals surface area contributed by atoms with Crippen LogP contribution in [-0.4, -0.2) is 0 Å². The maximum atomic E-state index is 4.16. The van der Waals surface area contributed by atoms with Gasteiger partial charge in [0.25, 0.3) is 0 Å². The molecule has 0 atom stereocenters. The zero-order valence-electron chi connectivity index (χ0n) is 11.9. The van der Waals surface area contributed by atoms with Crippen LogP contribution in [0.25, 0.3) is 0 Å². The summed E-state index contributed by atoms with van der Waals surface area (Å²) in [6.45, 7) is 18.8. The summed E-state index contributed by atoms with van der Waals surface area (Å²) in [6, 6.07) is 0. The van der Waals surface area contributed by atoms with Gasteiger partial charge in [0, 0.05) is 0 Å². The SMILES string of the molecule is C=C.C=C(C=C(C)C)C1=C(C)C=C(CC)CC1. The fourth-order valence-corrected chi connectivity index (χ4v) is 2.08. The quantitative estimate of drug-likeness (QED) is 0.427. The Bertz CT molecular complexity index is 357. The van der Waals surface area contributed by atoms with Gasteiger partial charge in [0.15, 0.2) is 0 Å². The van der Waals surface area contributed by atoms with Crippen molar-refractivity contribution < 1.29 is 0 Å². The molecule has 0 nitrogen and oxygen atoms in total. The summed E-state index contributed by atoms with van der Waals surface area (Å²) < 4.78 is 0. The van der Waals surface area contributed by atoms with Crippen LogP contribution in [0.2, 0.25) is 0 Å². The maximum absolute atomic E-state index is 4.16. The maximum Gasteiger partial charge on any atom is -0.0233 e. The van der Waals surface area contributed by atoms with Crippen LogP contribution in [-0.2, 0) is 0 Å². The van der Waals surface area contributed by atoms with Crippen molar-refractivity contribution in [1.29, 1.82) is 0 Å². The molecule has 0 aliphatic heterocycles. The first-order valence-electron chi connectivity index (χ1n) is 6.28. The van der Waals surface area contributed by atoms with Gasteiger partial charge in [-0.15, -0.1) is 13.2 Å². The molecule has 0 spiro atoms. The van der Waals surface area contributed by atoms with E-state index in [1.165, 1.54) is 35.1 Å². The molecule has 0 radical (unpaired) electrons. The number of hydrogen-bond donors (Lipinski definition) is 0. The molecular formula is C17H26. The Balaban J connectivity index is 0.00000121. The van der Waals surface area contributed by atoms with Crippen molar-refractivity contribution in [1.82, 2.24) is 0 Å².